The van der Waals surface area contributed by atoms with Gasteiger partial charge in [-0.15, -0.1) is 0 Å². The quantitative estimate of drug-likeness (QED) is 0.889. The number of hydrogen-bond donors (Lipinski definition) is 1. The van der Waals surface area contributed by atoms with Crippen LogP contribution in [0.3, 0.4) is 0 Å². The maximum atomic E-state index is 9.26. The lowest BCUT2D eigenvalue weighted by atomic mass is 10.0. The van der Waals surface area contributed by atoms with Gasteiger partial charge in [0.05, 0.1) is 11.6 Å². The highest BCUT2D eigenvalue weighted by Crippen LogP contribution is 2.28. The second kappa shape index (κ2) is 4.75. The summed E-state index contributed by atoms with van der Waals surface area (Å²) in [7, 11) is 0. The fraction of sp³-hybridized carbons (Fsp3) is 0.333. The molecule has 1 fully saturated rings. The van der Waals surface area contributed by atoms with Crippen molar-refractivity contribution in [2.24, 2.45) is 5.92 Å². The van der Waals surface area contributed by atoms with E-state index in [0.717, 1.165) is 28.9 Å². The average molecular weight is 237 g/mol. The minimum absolute atomic E-state index is 0.213. The molecule has 1 aliphatic carbocycles. The summed E-state index contributed by atoms with van der Waals surface area (Å²) < 4.78 is 0. The van der Waals surface area contributed by atoms with Gasteiger partial charge in [0, 0.05) is 11.6 Å². The Morgan fingerprint density at radius 3 is 3.06 bits per heavy atom. The number of rotatable bonds is 4. The van der Waals surface area contributed by atoms with Gasteiger partial charge < -0.3 is 0 Å². The van der Waals surface area contributed by atoms with E-state index in [1.54, 1.807) is 6.20 Å². The number of nitrogens with zero attached hydrogens (tertiary/aromatic N) is 2. The fourth-order valence-electron chi connectivity index (χ4n) is 2.12. The summed E-state index contributed by atoms with van der Waals surface area (Å²) in [6, 6.07) is 12.1. The Morgan fingerprint density at radius 1 is 1.39 bits per heavy atom. The van der Waals surface area contributed by atoms with Crippen LogP contribution in [0.15, 0.2) is 36.5 Å². The average Bonchev–Trinajstić information content (AvgIpc) is 3.23. The highest BCUT2D eigenvalue weighted by atomic mass is 14.9. The van der Waals surface area contributed by atoms with Crippen molar-refractivity contribution in [3.63, 3.8) is 0 Å². The zero-order valence-corrected chi connectivity index (χ0v) is 10.1. The van der Waals surface area contributed by atoms with Crippen molar-refractivity contribution in [1.29, 1.82) is 5.26 Å². The molecule has 0 saturated heterocycles. The minimum atomic E-state index is -0.213. The topological polar surface area (TPSA) is 48.7 Å². The largest absolute Gasteiger partial charge is 0.298 e. The molecular weight excluding hydrogens is 222 g/mol. The summed E-state index contributed by atoms with van der Waals surface area (Å²) in [5.74, 6) is 0.781. The van der Waals surface area contributed by atoms with E-state index in [9.17, 15) is 5.26 Å². The Labute approximate surface area is 106 Å². The fourth-order valence-corrected chi connectivity index (χ4v) is 2.12. The third kappa shape index (κ3) is 2.34. The zero-order chi connectivity index (χ0) is 12.4. The summed E-state index contributed by atoms with van der Waals surface area (Å²) in [6.07, 6.45) is 4.38. The Kier molecular flexibility index (Phi) is 2.95. The van der Waals surface area contributed by atoms with E-state index in [1.807, 2.05) is 24.3 Å². The number of nitrogens with one attached hydrogen (secondary N) is 1. The number of fused-ring (bicyclic) bond motifs is 1. The van der Waals surface area contributed by atoms with Crippen molar-refractivity contribution < 1.29 is 0 Å². The third-order valence-electron chi connectivity index (χ3n) is 3.40. The molecule has 0 spiro atoms. The van der Waals surface area contributed by atoms with Crippen molar-refractivity contribution in [1.82, 2.24) is 10.3 Å². The van der Waals surface area contributed by atoms with Crippen molar-refractivity contribution in [2.75, 3.05) is 6.54 Å². The van der Waals surface area contributed by atoms with Crippen LogP contribution in [0.25, 0.3) is 10.9 Å². The molecular formula is C15H15N3. The van der Waals surface area contributed by atoms with Gasteiger partial charge >= 0.3 is 0 Å². The molecule has 90 valence electrons. The van der Waals surface area contributed by atoms with Crippen LogP contribution in [0.5, 0.6) is 0 Å². The van der Waals surface area contributed by atoms with Crippen LogP contribution >= 0.6 is 0 Å². The molecule has 1 saturated carbocycles. The SMILES string of the molecule is N#CC(NCC1CC1)c1ccc2ncccc2c1. The summed E-state index contributed by atoms with van der Waals surface area (Å²) in [5.41, 5.74) is 2.00. The van der Waals surface area contributed by atoms with E-state index in [2.05, 4.69) is 22.4 Å². The lowest BCUT2D eigenvalue weighted by molar-refractivity contribution is 0.593. The maximum Gasteiger partial charge on any atom is 0.121 e. The summed E-state index contributed by atoms with van der Waals surface area (Å²) >= 11 is 0. The van der Waals surface area contributed by atoms with Gasteiger partial charge in [0.25, 0.3) is 0 Å². The van der Waals surface area contributed by atoms with Crippen molar-refractivity contribution >= 4 is 10.9 Å². The van der Waals surface area contributed by atoms with Crippen molar-refractivity contribution in [2.45, 2.75) is 18.9 Å². The first-order valence-electron chi connectivity index (χ1n) is 6.34. The molecule has 1 aromatic heterocycles. The molecule has 2 aromatic rings. The molecule has 1 aromatic carbocycles. The zero-order valence-electron chi connectivity index (χ0n) is 10.1. The Hall–Kier alpha value is -1.92. The van der Waals surface area contributed by atoms with Crippen LogP contribution < -0.4 is 5.32 Å². The van der Waals surface area contributed by atoms with Crippen LogP contribution in [0.2, 0.25) is 0 Å². The molecule has 0 amide bonds. The summed E-state index contributed by atoms with van der Waals surface area (Å²) in [5, 5.41) is 13.7. The molecule has 3 rings (SSSR count). The van der Waals surface area contributed by atoms with Gasteiger partial charge in [0.1, 0.15) is 6.04 Å². The lowest BCUT2D eigenvalue weighted by Gasteiger charge is -2.12. The van der Waals surface area contributed by atoms with Crippen molar-refractivity contribution in [3.05, 3.63) is 42.1 Å². The second-order valence-electron chi connectivity index (χ2n) is 4.87. The molecule has 0 aliphatic heterocycles. The molecule has 1 atom stereocenters. The van der Waals surface area contributed by atoms with Gasteiger partial charge in [-0.3, -0.25) is 10.3 Å². The van der Waals surface area contributed by atoms with E-state index in [0.29, 0.717) is 0 Å². The molecule has 1 N–H and O–H groups in total. The van der Waals surface area contributed by atoms with E-state index in [-0.39, 0.29) is 6.04 Å². The van der Waals surface area contributed by atoms with Crippen LogP contribution in [0, 0.1) is 17.2 Å². The van der Waals surface area contributed by atoms with E-state index >= 15 is 0 Å². The second-order valence-corrected chi connectivity index (χ2v) is 4.87. The highest BCUT2D eigenvalue weighted by Gasteiger charge is 2.22. The Balaban J connectivity index is 1.84. The first-order valence-corrected chi connectivity index (χ1v) is 6.34. The highest BCUT2D eigenvalue weighted by molar-refractivity contribution is 5.79. The Bertz CT molecular complexity index is 596. The third-order valence-corrected chi connectivity index (χ3v) is 3.40. The predicted molar refractivity (Wildman–Crippen MR) is 70.8 cm³/mol. The predicted octanol–water partition coefficient (Wildman–Crippen LogP) is 2.80. The molecule has 18 heavy (non-hydrogen) atoms. The van der Waals surface area contributed by atoms with E-state index in [1.165, 1.54) is 12.8 Å². The Morgan fingerprint density at radius 2 is 2.28 bits per heavy atom. The number of benzene rings is 1. The van der Waals surface area contributed by atoms with Gasteiger partial charge in [-0.2, -0.15) is 5.26 Å². The van der Waals surface area contributed by atoms with Gasteiger partial charge in [-0.1, -0.05) is 12.1 Å². The van der Waals surface area contributed by atoms with Crippen LogP contribution in [0.1, 0.15) is 24.4 Å². The molecule has 3 heteroatoms. The van der Waals surface area contributed by atoms with Crippen LogP contribution in [-0.4, -0.2) is 11.5 Å². The maximum absolute atomic E-state index is 9.26. The first kappa shape index (κ1) is 11.2. The van der Waals surface area contributed by atoms with Gasteiger partial charge in [0.15, 0.2) is 0 Å². The van der Waals surface area contributed by atoms with Crippen LogP contribution in [-0.2, 0) is 0 Å². The molecule has 1 heterocycles. The van der Waals surface area contributed by atoms with E-state index < -0.39 is 0 Å². The summed E-state index contributed by atoms with van der Waals surface area (Å²) in [6.45, 7) is 0.948. The number of nitriles is 1. The van der Waals surface area contributed by atoms with E-state index in [4.69, 9.17) is 0 Å². The molecule has 0 radical (unpaired) electrons. The first-order chi connectivity index (χ1) is 8.86. The molecule has 0 bridgehead atoms. The number of aromatic nitrogens is 1. The van der Waals surface area contributed by atoms with Crippen LogP contribution in [0.4, 0.5) is 0 Å². The molecule has 1 aliphatic rings. The lowest BCUT2D eigenvalue weighted by Crippen LogP contribution is -2.22. The smallest absolute Gasteiger partial charge is 0.121 e. The minimum Gasteiger partial charge on any atom is -0.298 e. The standard InChI is InChI=1S/C15H15N3/c16-9-15(18-10-11-3-4-11)13-5-6-14-12(8-13)2-1-7-17-14/h1-2,5-8,11,15,18H,3-4,10H2. The number of hydrogen-bond acceptors (Lipinski definition) is 3. The van der Waals surface area contributed by atoms with Gasteiger partial charge in [-0.05, 0) is 49.1 Å². The van der Waals surface area contributed by atoms with Crippen molar-refractivity contribution in [3.8, 4) is 6.07 Å². The molecule has 3 nitrogen and oxygen atoms in total. The monoisotopic (exact) mass is 237 g/mol. The summed E-state index contributed by atoms with van der Waals surface area (Å²) in [4.78, 5) is 4.29. The van der Waals surface area contributed by atoms with Gasteiger partial charge in [-0.25, -0.2) is 0 Å². The van der Waals surface area contributed by atoms with Gasteiger partial charge in [0.2, 0.25) is 0 Å². The molecule has 1 unspecified atom stereocenters. The number of pyridine rings is 1. The normalized spacial score (nSPS) is 16.4.